The van der Waals surface area contributed by atoms with Crippen LogP contribution < -0.4 is 10.4 Å². The van der Waals surface area contributed by atoms with E-state index in [1.54, 1.807) is 0 Å². The third-order valence-corrected chi connectivity index (χ3v) is 3.38. The summed E-state index contributed by atoms with van der Waals surface area (Å²) in [5.74, 6) is 0.880. The maximum absolute atomic E-state index is 9.48. The van der Waals surface area contributed by atoms with Crippen molar-refractivity contribution in [2.75, 3.05) is 11.7 Å². The first kappa shape index (κ1) is 12.8. The summed E-state index contributed by atoms with van der Waals surface area (Å²) in [6.07, 6.45) is 0. The number of amidine groups is 1. The third kappa shape index (κ3) is 2.31. The summed E-state index contributed by atoms with van der Waals surface area (Å²) in [6, 6.07) is 16.1. The molecular formula is C16H17N3O. The van der Waals surface area contributed by atoms with Crippen LogP contribution >= 0.6 is 0 Å². The minimum absolute atomic E-state index is 0.00946. The maximum atomic E-state index is 9.48. The van der Waals surface area contributed by atoms with Crippen LogP contribution in [0.3, 0.4) is 0 Å². The highest BCUT2D eigenvalue weighted by molar-refractivity contribution is 6.10. The van der Waals surface area contributed by atoms with Crippen LogP contribution in [-0.4, -0.2) is 17.6 Å². The van der Waals surface area contributed by atoms with Crippen LogP contribution in [0.1, 0.15) is 16.7 Å². The second-order valence-corrected chi connectivity index (χ2v) is 4.79. The van der Waals surface area contributed by atoms with E-state index in [-0.39, 0.29) is 6.61 Å². The zero-order chi connectivity index (χ0) is 13.9. The molecule has 0 atom stereocenters. The topological polar surface area (TPSA) is 47.9 Å². The number of aliphatic imine (C=N–C) groups is 1. The van der Waals surface area contributed by atoms with E-state index >= 15 is 0 Å². The number of nitrogens with zero attached hydrogens (tertiary/aromatic N) is 2. The number of hydrogen-bond donors (Lipinski definition) is 2. The normalized spacial score (nSPS) is 14.5. The molecule has 2 N–H and O–H groups in total. The van der Waals surface area contributed by atoms with E-state index in [1.807, 2.05) is 29.3 Å². The SMILES string of the molecule is Cc1ccc(C2=NCNN2c2ccccc2CO)cc1. The van der Waals surface area contributed by atoms with Gasteiger partial charge in [-0.15, -0.1) is 0 Å². The zero-order valence-corrected chi connectivity index (χ0v) is 11.4. The average molecular weight is 267 g/mol. The van der Waals surface area contributed by atoms with Gasteiger partial charge < -0.3 is 5.11 Å². The number of aliphatic hydroxyl groups is 1. The summed E-state index contributed by atoms with van der Waals surface area (Å²) in [7, 11) is 0. The van der Waals surface area contributed by atoms with Crippen molar-refractivity contribution in [3.05, 3.63) is 65.2 Å². The first-order valence-electron chi connectivity index (χ1n) is 6.63. The molecule has 0 aromatic heterocycles. The van der Waals surface area contributed by atoms with Gasteiger partial charge in [-0.25, -0.2) is 10.4 Å². The van der Waals surface area contributed by atoms with E-state index in [4.69, 9.17) is 0 Å². The van der Waals surface area contributed by atoms with Crippen molar-refractivity contribution >= 4 is 11.5 Å². The average Bonchev–Trinajstić information content (AvgIpc) is 2.97. The van der Waals surface area contributed by atoms with Gasteiger partial charge >= 0.3 is 0 Å². The number of hydrazine groups is 1. The number of rotatable bonds is 3. The molecule has 0 saturated carbocycles. The third-order valence-electron chi connectivity index (χ3n) is 3.38. The number of anilines is 1. The molecule has 1 heterocycles. The molecule has 0 spiro atoms. The molecule has 0 saturated heterocycles. The fourth-order valence-corrected chi connectivity index (χ4v) is 2.31. The Balaban J connectivity index is 1.98. The van der Waals surface area contributed by atoms with Crippen molar-refractivity contribution in [1.29, 1.82) is 0 Å². The van der Waals surface area contributed by atoms with Gasteiger partial charge in [0.15, 0.2) is 5.84 Å². The lowest BCUT2D eigenvalue weighted by molar-refractivity contribution is 0.282. The van der Waals surface area contributed by atoms with E-state index in [0.717, 1.165) is 22.6 Å². The standard InChI is InChI=1S/C16H17N3O/c1-12-6-8-13(9-7-12)16-17-11-18-19(16)15-5-3-2-4-14(15)10-20/h2-9,18,20H,10-11H2,1H3. The molecule has 4 nitrogen and oxygen atoms in total. The highest BCUT2D eigenvalue weighted by Gasteiger charge is 2.21. The van der Waals surface area contributed by atoms with Gasteiger partial charge in [0.25, 0.3) is 0 Å². The van der Waals surface area contributed by atoms with Crippen LogP contribution in [0.15, 0.2) is 53.5 Å². The van der Waals surface area contributed by atoms with Gasteiger partial charge in [-0.1, -0.05) is 48.0 Å². The van der Waals surface area contributed by atoms with Gasteiger partial charge in [-0.3, -0.25) is 5.01 Å². The summed E-state index contributed by atoms with van der Waals surface area (Å²) in [5, 5.41) is 11.4. The molecular weight excluding hydrogens is 250 g/mol. The Bertz CT molecular complexity index is 634. The number of para-hydroxylation sites is 1. The molecule has 2 aromatic carbocycles. The molecule has 2 aromatic rings. The van der Waals surface area contributed by atoms with E-state index in [0.29, 0.717) is 6.67 Å². The van der Waals surface area contributed by atoms with Crippen molar-refractivity contribution < 1.29 is 5.11 Å². The van der Waals surface area contributed by atoms with Crippen LogP contribution in [0.2, 0.25) is 0 Å². The largest absolute Gasteiger partial charge is 0.392 e. The molecule has 102 valence electrons. The number of aryl methyl sites for hydroxylation is 1. The van der Waals surface area contributed by atoms with Crippen LogP contribution in [0.25, 0.3) is 0 Å². The Labute approximate surface area is 118 Å². The summed E-state index contributed by atoms with van der Waals surface area (Å²) in [5.41, 5.74) is 7.33. The molecule has 0 bridgehead atoms. The van der Waals surface area contributed by atoms with Crippen LogP contribution in [-0.2, 0) is 6.61 Å². The molecule has 0 aliphatic carbocycles. The van der Waals surface area contributed by atoms with Gasteiger partial charge in [0.2, 0.25) is 0 Å². The molecule has 1 aliphatic heterocycles. The predicted molar refractivity (Wildman–Crippen MR) is 80.6 cm³/mol. The lowest BCUT2D eigenvalue weighted by Crippen LogP contribution is -2.38. The molecule has 1 aliphatic rings. The lowest BCUT2D eigenvalue weighted by Gasteiger charge is -2.22. The molecule has 0 fully saturated rings. The summed E-state index contributed by atoms with van der Waals surface area (Å²) < 4.78 is 0. The fourth-order valence-electron chi connectivity index (χ4n) is 2.31. The number of nitrogens with one attached hydrogen (secondary N) is 1. The summed E-state index contributed by atoms with van der Waals surface area (Å²) >= 11 is 0. The second kappa shape index (κ2) is 5.45. The first-order valence-corrected chi connectivity index (χ1v) is 6.63. The van der Waals surface area contributed by atoms with Gasteiger partial charge in [0.05, 0.1) is 12.3 Å². The Morgan fingerprint density at radius 2 is 1.90 bits per heavy atom. The van der Waals surface area contributed by atoms with Crippen molar-refractivity contribution in [1.82, 2.24) is 5.43 Å². The Hall–Kier alpha value is -2.17. The smallest absolute Gasteiger partial charge is 0.151 e. The monoisotopic (exact) mass is 267 g/mol. The quantitative estimate of drug-likeness (QED) is 0.896. The van der Waals surface area contributed by atoms with Gasteiger partial charge in [-0.05, 0) is 13.0 Å². The molecule has 0 radical (unpaired) electrons. The van der Waals surface area contributed by atoms with Gasteiger partial charge in [0.1, 0.15) is 6.67 Å². The Morgan fingerprint density at radius 3 is 2.65 bits per heavy atom. The van der Waals surface area contributed by atoms with Crippen molar-refractivity contribution in [2.45, 2.75) is 13.5 Å². The lowest BCUT2D eigenvalue weighted by atomic mass is 10.1. The summed E-state index contributed by atoms with van der Waals surface area (Å²) in [4.78, 5) is 4.52. The zero-order valence-electron chi connectivity index (χ0n) is 11.4. The predicted octanol–water partition coefficient (Wildman–Crippen LogP) is 2.22. The van der Waals surface area contributed by atoms with Crippen LogP contribution in [0, 0.1) is 6.92 Å². The number of hydrogen-bond acceptors (Lipinski definition) is 4. The molecule has 3 rings (SSSR count). The highest BCUT2D eigenvalue weighted by Crippen LogP contribution is 2.23. The van der Waals surface area contributed by atoms with Crippen LogP contribution in [0.4, 0.5) is 5.69 Å². The minimum atomic E-state index is 0.00946. The molecule has 20 heavy (non-hydrogen) atoms. The van der Waals surface area contributed by atoms with Crippen molar-refractivity contribution in [3.63, 3.8) is 0 Å². The number of aliphatic hydroxyl groups excluding tert-OH is 1. The van der Waals surface area contributed by atoms with Gasteiger partial charge in [-0.2, -0.15) is 0 Å². The highest BCUT2D eigenvalue weighted by atomic mass is 16.3. The fraction of sp³-hybridized carbons (Fsp3) is 0.188. The van der Waals surface area contributed by atoms with E-state index < -0.39 is 0 Å². The van der Waals surface area contributed by atoms with Gasteiger partial charge in [0, 0.05) is 11.1 Å². The Morgan fingerprint density at radius 1 is 1.15 bits per heavy atom. The Kier molecular flexibility index (Phi) is 3.50. The van der Waals surface area contributed by atoms with E-state index in [9.17, 15) is 5.11 Å². The second-order valence-electron chi connectivity index (χ2n) is 4.79. The molecule has 4 heteroatoms. The molecule has 0 amide bonds. The van der Waals surface area contributed by atoms with E-state index in [2.05, 4.69) is 41.6 Å². The first-order chi connectivity index (χ1) is 9.79. The molecule has 0 unspecified atom stereocenters. The van der Waals surface area contributed by atoms with Crippen molar-refractivity contribution in [2.24, 2.45) is 4.99 Å². The summed E-state index contributed by atoms with van der Waals surface area (Å²) in [6.45, 7) is 2.62. The maximum Gasteiger partial charge on any atom is 0.151 e. The van der Waals surface area contributed by atoms with E-state index in [1.165, 1.54) is 5.56 Å². The van der Waals surface area contributed by atoms with Crippen LogP contribution in [0.5, 0.6) is 0 Å². The minimum Gasteiger partial charge on any atom is -0.392 e. The van der Waals surface area contributed by atoms with Crippen molar-refractivity contribution in [3.8, 4) is 0 Å². The number of benzene rings is 2.